The molecule has 0 bridgehead atoms. The molecule has 2 aliphatic rings. The summed E-state index contributed by atoms with van der Waals surface area (Å²) in [5.74, 6) is 0.131. The molecule has 4 nitrogen and oxygen atoms in total. The van der Waals surface area contributed by atoms with Gasteiger partial charge in [0.25, 0.3) is 0 Å². The lowest BCUT2D eigenvalue weighted by Crippen LogP contribution is -2.33. The van der Waals surface area contributed by atoms with Crippen molar-refractivity contribution in [1.82, 2.24) is 4.90 Å². The lowest BCUT2D eigenvalue weighted by molar-refractivity contribution is 0.0500. The smallest absolute Gasteiger partial charge is 0.123 e. The van der Waals surface area contributed by atoms with Crippen LogP contribution in [0.1, 0.15) is 35.3 Å². The Bertz CT molecular complexity index is 1010. The van der Waals surface area contributed by atoms with Crippen molar-refractivity contribution in [3.63, 3.8) is 0 Å². The molecule has 2 fully saturated rings. The maximum absolute atomic E-state index is 13.1. The second-order valence-corrected chi connectivity index (χ2v) is 9.33. The van der Waals surface area contributed by atoms with Gasteiger partial charge in [0.05, 0.1) is 11.7 Å². The Hall–Kier alpha value is -2.57. The number of aliphatic hydroxyl groups is 2. The number of hydrogen-bond donors (Lipinski definition) is 2. The highest BCUT2D eigenvalue weighted by atomic mass is 19.1. The van der Waals surface area contributed by atoms with Crippen LogP contribution in [0.15, 0.2) is 84.9 Å². The molecule has 1 heterocycles. The molecule has 5 rings (SSSR count). The first-order valence-corrected chi connectivity index (χ1v) is 11.6. The van der Waals surface area contributed by atoms with Crippen LogP contribution in [0.4, 0.5) is 4.39 Å². The van der Waals surface area contributed by atoms with Crippen LogP contribution in [0, 0.1) is 17.7 Å². The monoisotopic (exact) mass is 447 g/mol. The van der Waals surface area contributed by atoms with Gasteiger partial charge < -0.3 is 14.9 Å². The fraction of sp³-hybridized carbons (Fsp3) is 0.357. The molecule has 33 heavy (non-hydrogen) atoms. The molecule has 172 valence electrons. The molecule has 0 amide bonds. The normalized spacial score (nSPS) is 25.2. The van der Waals surface area contributed by atoms with E-state index in [1.807, 2.05) is 36.4 Å². The molecule has 1 saturated carbocycles. The molecule has 0 aromatic heterocycles. The van der Waals surface area contributed by atoms with Crippen LogP contribution >= 0.6 is 0 Å². The van der Waals surface area contributed by atoms with Crippen molar-refractivity contribution in [1.29, 1.82) is 0 Å². The summed E-state index contributed by atoms with van der Waals surface area (Å²) in [6, 6.07) is 26.4. The third-order valence-electron chi connectivity index (χ3n) is 7.20. The molecular formula is C28H30FNO3. The molecule has 0 radical (unpaired) electrons. The number of benzene rings is 3. The van der Waals surface area contributed by atoms with Crippen molar-refractivity contribution in [2.45, 2.75) is 24.2 Å². The van der Waals surface area contributed by atoms with Crippen LogP contribution in [-0.2, 0) is 4.74 Å². The van der Waals surface area contributed by atoms with E-state index in [0.29, 0.717) is 25.3 Å². The van der Waals surface area contributed by atoms with E-state index < -0.39 is 11.7 Å². The molecule has 3 aromatic carbocycles. The SMILES string of the molecule is O[C@H](CN1CC2C(CCOC(c3ccccc3)c3ccccc3)[C@@]2(O)C1)c1ccc(F)cc1. The van der Waals surface area contributed by atoms with Crippen molar-refractivity contribution in [2.24, 2.45) is 11.8 Å². The number of hydrogen-bond acceptors (Lipinski definition) is 4. The number of likely N-dealkylation sites (tertiary alicyclic amines) is 1. The van der Waals surface area contributed by atoms with Gasteiger partial charge in [0, 0.05) is 32.2 Å². The van der Waals surface area contributed by atoms with Crippen molar-refractivity contribution in [3.05, 3.63) is 107 Å². The number of nitrogens with zero attached hydrogens (tertiary/aromatic N) is 1. The first-order valence-electron chi connectivity index (χ1n) is 11.6. The number of halogens is 1. The van der Waals surface area contributed by atoms with Crippen molar-refractivity contribution in [3.8, 4) is 0 Å². The summed E-state index contributed by atoms with van der Waals surface area (Å²) >= 11 is 0. The van der Waals surface area contributed by atoms with Gasteiger partial charge >= 0.3 is 0 Å². The Kier molecular flexibility index (Phi) is 6.30. The Morgan fingerprint density at radius 2 is 1.52 bits per heavy atom. The van der Waals surface area contributed by atoms with Gasteiger partial charge in [-0.1, -0.05) is 72.8 Å². The zero-order valence-electron chi connectivity index (χ0n) is 18.6. The predicted octanol–water partition coefficient (Wildman–Crippen LogP) is 4.35. The van der Waals surface area contributed by atoms with Gasteiger partial charge in [-0.15, -0.1) is 0 Å². The van der Waals surface area contributed by atoms with Gasteiger partial charge in [0.2, 0.25) is 0 Å². The van der Waals surface area contributed by atoms with Crippen LogP contribution in [0.2, 0.25) is 0 Å². The number of β-amino-alcohol motifs (C(OH)–C–C–N with tert-alkyl or cyclic N) is 2. The maximum atomic E-state index is 13.1. The molecule has 5 heteroatoms. The van der Waals surface area contributed by atoms with E-state index in [4.69, 9.17) is 4.74 Å². The Balaban J connectivity index is 1.14. The number of piperidine rings is 1. The minimum absolute atomic E-state index is 0.122. The van der Waals surface area contributed by atoms with Gasteiger partial charge in [0.1, 0.15) is 11.9 Å². The van der Waals surface area contributed by atoms with Crippen LogP contribution in [0.5, 0.6) is 0 Å². The molecule has 0 spiro atoms. The van der Waals surface area contributed by atoms with Crippen LogP contribution in [0.25, 0.3) is 0 Å². The first kappa shape index (κ1) is 22.2. The quantitative estimate of drug-likeness (QED) is 0.512. The van der Waals surface area contributed by atoms with Gasteiger partial charge in [-0.2, -0.15) is 0 Å². The van der Waals surface area contributed by atoms with Gasteiger partial charge in [-0.3, -0.25) is 4.90 Å². The summed E-state index contributed by atoms with van der Waals surface area (Å²) < 4.78 is 19.5. The molecule has 1 aliphatic heterocycles. The largest absolute Gasteiger partial charge is 0.388 e. The van der Waals surface area contributed by atoms with E-state index in [1.165, 1.54) is 12.1 Å². The van der Waals surface area contributed by atoms with E-state index in [-0.39, 0.29) is 23.8 Å². The molecule has 1 saturated heterocycles. The van der Waals surface area contributed by atoms with Gasteiger partial charge in [-0.05, 0) is 41.2 Å². The summed E-state index contributed by atoms with van der Waals surface area (Å²) in [5.41, 5.74) is 2.25. The number of rotatable bonds is 9. The fourth-order valence-electron chi connectivity index (χ4n) is 5.39. The van der Waals surface area contributed by atoms with E-state index in [1.54, 1.807) is 12.1 Å². The zero-order chi connectivity index (χ0) is 22.8. The first-order chi connectivity index (χ1) is 16.0. The Morgan fingerprint density at radius 1 is 0.909 bits per heavy atom. The fourth-order valence-corrected chi connectivity index (χ4v) is 5.39. The molecular weight excluding hydrogens is 417 g/mol. The Morgan fingerprint density at radius 3 is 2.06 bits per heavy atom. The molecule has 3 aromatic rings. The number of aliphatic hydroxyl groups excluding tert-OH is 1. The van der Waals surface area contributed by atoms with Crippen LogP contribution < -0.4 is 0 Å². The van der Waals surface area contributed by atoms with Crippen molar-refractivity contribution >= 4 is 0 Å². The number of fused-ring (bicyclic) bond motifs is 1. The minimum atomic E-state index is -0.694. The van der Waals surface area contributed by atoms with Crippen LogP contribution in [-0.4, -0.2) is 47.0 Å². The topological polar surface area (TPSA) is 52.9 Å². The summed E-state index contributed by atoms with van der Waals surface area (Å²) in [4.78, 5) is 2.10. The summed E-state index contributed by atoms with van der Waals surface area (Å²) in [7, 11) is 0. The standard InChI is InChI=1S/C28H30FNO3/c29-23-13-11-20(12-14-23)26(31)18-30-17-25-24(28(25,32)19-30)15-16-33-27(21-7-3-1-4-8-21)22-9-5-2-6-10-22/h1-14,24-27,31-32H,15-19H2/t24?,25?,26-,28+/m1/s1. The molecule has 2 unspecified atom stereocenters. The third-order valence-corrected chi connectivity index (χ3v) is 7.20. The van der Waals surface area contributed by atoms with E-state index >= 15 is 0 Å². The van der Waals surface area contributed by atoms with E-state index in [2.05, 4.69) is 29.2 Å². The van der Waals surface area contributed by atoms with E-state index in [0.717, 1.165) is 24.1 Å². The number of ether oxygens (including phenoxy) is 1. The van der Waals surface area contributed by atoms with Crippen LogP contribution in [0.3, 0.4) is 0 Å². The molecule has 4 atom stereocenters. The second-order valence-electron chi connectivity index (χ2n) is 9.33. The molecule has 2 N–H and O–H groups in total. The average Bonchev–Trinajstić information content (AvgIpc) is 3.20. The summed E-state index contributed by atoms with van der Waals surface area (Å²) in [6.07, 6.45) is 0.0000652. The second kappa shape index (κ2) is 9.35. The maximum Gasteiger partial charge on any atom is 0.123 e. The Labute approximate surface area is 194 Å². The minimum Gasteiger partial charge on any atom is -0.388 e. The van der Waals surface area contributed by atoms with Gasteiger partial charge in [0.15, 0.2) is 0 Å². The highest BCUT2D eigenvalue weighted by molar-refractivity contribution is 5.30. The van der Waals surface area contributed by atoms with Crippen molar-refractivity contribution in [2.75, 3.05) is 26.2 Å². The summed E-state index contributed by atoms with van der Waals surface area (Å²) in [6.45, 7) is 2.34. The molecule has 1 aliphatic carbocycles. The highest BCUT2D eigenvalue weighted by Gasteiger charge is 2.67. The van der Waals surface area contributed by atoms with Crippen molar-refractivity contribution < 1.29 is 19.3 Å². The lowest BCUT2D eigenvalue weighted by atomic mass is 10.0. The third kappa shape index (κ3) is 4.73. The lowest BCUT2D eigenvalue weighted by Gasteiger charge is -2.24. The summed E-state index contributed by atoms with van der Waals surface area (Å²) in [5, 5.41) is 21.6. The van der Waals surface area contributed by atoms with E-state index in [9.17, 15) is 14.6 Å². The zero-order valence-corrected chi connectivity index (χ0v) is 18.6. The van der Waals surface area contributed by atoms with Gasteiger partial charge in [-0.25, -0.2) is 4.39 Å². The predicted molar refractivity (Wildman–Crippen MR) is 125 cm³/mol. The highest BCUT2D eigenvalue weighted by Crippen LogP contribution is 2.57. The average molecular weight is 448 g/mol.